The summed E-state index contributed by atoms with van der Waals surface area (Å²) in [7, 11) is 0. The minimum absolute atomic E-state index is 0.0902. The van der Waals surface area contributed by atoms with Crippen LogP contribution in [0.25, 0.3) is 0 Å². The highest BCUT2D eigenvalue weighted by Crippen LogP contribution is 2.06. The van der Waals surface area contributed by atoms with Gasteiger partial charge in [0.25, 0.3) is 10.5 Å². The first kappa shape index (κ1) is 17.4. The first-order chi connectivity index (χ1) is 8.70. The van der Waals surface area contributed by atoms with Crippen molar-refractivity contribution in [3.8, 4) is 0 Å². The first-order valence-corrected chi connectivity index (χ1v) is 8.19. The highest BCUT2D eigenvalue weighted by atomic mass is 32.2. The van der Waals surface area contributed by atoms with E-state index in [0.717, 1.165) is 37.2 Å². The Morgan fingerprint density at radius 2 is 1.28 bits per heavy atom. The van der Waals surface area contributed by atoms with Crippen LogP contribution in [0.5, 0.6) is 0 Å². The molecule has 0 aromatic rings. The van der Waals surface area contributed by atoms with Crippen LogP contribution >= 0.6 is 23.5 Å². The summed E-state index contributed by atoms with van der Waals surface area (Å²) >= 11 is 2.52. The molecule has 0 fully saturated rings. The molecule has 4 nitrogen and oxygen atoms in total. The third-order valence-electron chi connectivity index (χ3n) is 1.95. The molecule has 0 bridgehead atoms. The summed E-state index contributed by atoms with van der Waals surface area (Å²) in [5.74, 6) is 1.66. The molecule has 0 saturated carbocycles. The molecular formula is C12H22N2O2S2. The maximum absolute atomic E-state index is 11.3. The number of thioether (sulfide) groups is 2. The van der Waals surface area contributed by atoms with E-state index in [1.54, 1.807) is 0 Å². The average molecular weight is 290 g/mol. The van der Waals surface area contributed by atoms with Crippen LogP contribution < -0.4 is 10.6 Å². The summed E-state index contributed by atoms with van der Waals surface area (Å²) in [5, 5.41) is 4.99. The highest BCUT2D eigenvalue weighted by Gasteiger charge is 1.99. The van der Waals surface area contributed by atoms with Gasteiger partial charge in [0.15, 0.2) is 0 Å². The second-order valence-electron chi connectivity index (χ2n) is 3.60. The van der Waals surface area contributed by atoms with Crippen LogP contribution in [0, 0.1) is 0 Å². The Kier molecular flexibility index (Phi) is 12.4. The minimum Gasteiger partial charge on any atom is -0.322 e. The van der Waals surface area contributed by atoms with Crippen LogP contribution in [0.15, 0.2) is 12.4 Å². The van der Waals surface area contributed by atoms with Crippen molar-refractivity contribution in [1.29, 1.82) is 0 Å². The second kappa shape index (κ2) is 12.8. The van der Waals surface area contributed by atoms with Crippen LogP contribution in [0.3, 0.4) is 0 Å². The first-order valence-electron chi connectivity index (χ1n) is 6.22. The fraction of sp³-hybridized carbons (Fsp3) is 0.667. The van der Waals surface area contributed by atoms with Crippen molar-refractivity contribution in [2.24, 2.45) is 0 Å². The Balaban J connectivity index is 3.51. The van der Waals surface area contributed by atoms with Gasteiger partial charge in [0.05, 0.1) is 0 Å². The summed E-state index contributed by atoms with van der Waals surface area (Å²) in [6.45, 7) is 4.17. The van der Waals surface area contributed by atoms with Gasteiger partial charge in [0.2, 0.25) is 0 Å². The second-order valence-corrected chi connectivity index (χ2v) is 5.74. The molecule has 0 saturated heterocycles. The summed E-state index contributed by atoms with van der Waals surface area (Å²) in [6.07, 6.45) is 7.15. The molecule has 0 atom stereocenters. The van der Waals surface area contributed by atoms with Gasteiger partial charge in [0, 0.05) is 23.9 Å². The SMILES string of the molecule is CCCCSC(=O)N/C=C/NC(=O)SCCCC. The molecule has 6 heteroatoms. The molecule has 0 aromatic heterocycles. The smallest absolute Gasteiger partial charge is 0.283 e. The van der Waals surface area contributed by atoms with Gasteiger partial charge in [-0.15, -0.1) is 0 Å². The van der Waals surface area contributed by atoms with E-state index in [1.165, 1.54) is 35.9 Å². The molecule has 104 valence electrons. The van der Waals surface area contributed by atoms with Crippen molar-refractivity contribution in [1.82, 2.24) is 10.6 Å². The molecule has 0 aliphatic carbocycles. The lowest BCUT2D eigenvalue weighted by molar-refractivity contribution is 0.261. The standard InChI is InChI=1S/C12H22N2O2S2/c1-3-5-9-17-11(15)13-7-8-14-12(16)18-10-6-4-2/h7-8H,3-6,9-10H2,1-2H3,(H,13,15)(H,14,16)/b8-7+. The van der Waals surface area contributed by atoms with Crippen molar-refractivity contribution >= 4 is 34.0 Å². The number of hydrogen-bond acceptors (Lipinski definition) is 4. The lowest BCUT2D eigenvalue weighted by Gasteiger charge is -2.00. The van der Waals surface area contributed by atoms with Crippen LogP contribution in [-0.2, 0) is 0 Å². The van der Waals surface area contributed by atoms with Gasteiger partial charge < -0.3 is 10.6 Å². The molecule has 0 rings (SSSR count). The lowest BCUT2D eigenvalue weighted by Crippen LogP contribution is -2.16. The maximum atomic E-state index is 11.3. The van der Waals surface area contributed by atoms with E-state index in [9.17, 15) is 9.59 Å². The molecule has 0 aromatic carbocycles. The molecule has 2 N–H and O–H groups in total. The molecular weight excluding hydrogens is 268 g/mol. The molecule has 0 radical (unpaired) electrons. The van der Waals surface area contributed by atoms with Gasteiger partial charge in [0.1, 0.15) is 0 Å². The molecule has 0 aliphatic heterocycles. The average Bonchev–Trinajstić information content (AvgIpc) is 2.35. The quantitative estimate of drug-likeness (QED) is 0.665. The summed E-state index contributed by atoms with van der Waals surface area (Å²) in [4.78, 5) is 22.5. The Morgan fingerprint density at radius 3 is 1.61 bits per heavy atom. The van der Waals surface area contributed by atoms with Crippen molar-refractivity contribution in [3.63, 3.8) is 0 Å². The number of hydrogen-bond donors (Lipinski definition) is 2. The van der Waals surface area contributed by atoms with Crippen molar-refractivity contribution < 1.29 is 9.59 Å². The molecule has 18 heavy (non-hydrogen) atoms. The number of amides is 2. The van der Waals surface area contributed by atoms with E-state index in [1.807, 2.05) is 0 Å². The van der Waals surface area contributed by atoms with E-state index in [4.69, 9.17) is 0 Å². The van der Waals surface area contributed by atoms with Crippen molar-refractivity contribution in [2.45, 2.75) is 39.5 Å². The van der Waals surface area contributed by atoms with Gasteiger partial charge >= 0.3 is 0 Å². The maximum Gasteiger partial charge on any atom is 0.283 e. The molecule has 0 aliphatic rings. The largest absolute Gasteiger partial charge is 0.322 e. The number of unbranched alkanes of at least 4 members (excludes halogenated alkanes) is 2. The number of rotatable bonds is 8. The van der Waals surface area contributed by atoms with E-state index < -0.39 is 0 Å². The Morgan fingerprint density at radius 1 is 0.889 bits per heavy atom. The summed E-state index contributed by atoms with van der Waals surface area (Å²) < 4.78 is 0. The summed E-state index contributed by atoms with van der Waals surface area (Å²) in [6, 6.07) is 0. The van der Waals surface area contributed by atoms with Gasteiger partial charge in [-0.1, -0.05) is 50.2 Å². The highest BCUT2D eigenvalue weighted by molar-refractivity contribution is 8.13. The summed E-state index contributed by atoms with van der Waals surface area (Å²) in [5.41, 5.74) is 0. The zero-order valence-electron chi connectivity index (χ0n) is 11.0. The molecule has 2 amide bonds. The predicted octanol–water partition coefficient (Wildman–Crippen LogP) is 3.94. The van der Waals surface area contributed by atoms with Gasteiger partial charge in [-0.2, -0.15) is 0 Å². The van der Waals surface area contributed by atoms with Crippen molar-refractivity contribution in [2.75, 3.05) is 11.5 Å². The van der Waals surface area contributed by atoms with E-state index in [0.29, 0.717) is 0 Å². The number of carbonyl (C=O) groups excluding carboxylic acids is 2. The molecule has 0 spiro atoms. The Bertz CT molecular complexity index is 245. The fourth-order valence-corrected chi connectivity index (χ4v) is 2.46. The van der Waals surface area contributed by atoms with Crippen molar-refractivity contribution in [3.05, 3.63) is 12.4 Å². The van der Waals surface area contributed by atoms with Gasteiger partial charge in [-0.3, -0.25) is 9.59 Å². The lowest BCUT2D eigenvalue weighted by atomic mass is 10.4. The van der Waals surface area contributed by atoms with Crippen LogP contribution in [0.1, 0.15) is 39.5 Å². The van der Waals surface area contributed by atoms with E-state index >= 15 is 0 Å². The topological polar surface area (TPSA) is 58.2 Å². The molecule has 0 unspecified atom stereocenters. The van der Waals surface area contributed by atoms with Crippen LogP contribution in [0.4, 0.5) is 9.59 Å². The normalized spacial score (nSPS) is 10.6. The third kappa shape index (κ3) is 11.9. The monoisotopic (exact) mass is 290 g/mol. The Hall–Kier alpha value is -0.620. The zero-order chi connectivity index (χ0) is 13.6. The predicted molar refractivity (Wildman–Crippen MR) is 80.9 cm³/mol. The minimum atomic E-state index is -0.0902. The zero-order valence-corrected chi connectivity index (χ0v) is 12.7. The van der Waals surface area contributed by atoms with E-state index in [-0.39, 0.29) is 10.5 Å². The van der Waals surface area contributed by atoms with Crippen LogP contribution in [-0.4, -0.2) is 22.0 Å². The van der Waals surface area contributed by atoms with Gasteiger partial charge in [-0.05, 0) is 12.8 Å². The number of nitrogens with one attached hydrogen (secondary N) is 2. The number of carbonyl (C=O) groups is 2. The van der Waals surface area contributed by atoms with Crippen LogP contribution in [0.2, 0.25) is 0 Å². The molecule has 0 heterocycles. The van der Waals surface area contributed by atoms with E-state index in [2.05, 4.69) is 24.5 Å². The van der Waals surface area contributed by atoms with Gasteiger partial charge in [-0.25, -0.2) is 0 Å². The fourth-order valence-electron chi connectivity index (χ4n) is 0.921. The third-order valence-corrected chi connectivity index (χ3v) is 3.69. The Labute approximate surface area is 118 Å².